The first kappa shape index (κ1) is 18.6. The second-order valence-corrected chi connectivity index (χ2v) is 6.17. The van der Waals surface area contributed by atoms with Gasteiger partial charge < -0.3 is 20.1 Å². The van der Waals surface area contributed by atoms with Gasteiger partial charge in [0.25, 0.3) is 0 Å². The normalized spacial score (nSPS) is 14.7. The van der Waals surface area contributed by atoms with Crippen molar-refractivity contribution in [2.75, 3.05) is 25.5 Å². The van der Waals surface area contributed by atoms with Gasteiger partial charge in [-0.05, 0) is 25.0 Å². The van der Waals surface area contributed by atoms with E-state index in [-0.39, 0.29) is 11.8 Å². The smallest absolute Gasteiger partial charge is 0.407 e. The van der Waals surface area contributed by atoms with Gasteiger partial charge in [0, 0.05) is 36.7 Å². The summed E-state index contributed by atoms with van der Waals surface area (Å²) in [5.41, 5.74) is 1.06. The monoisotopic (exact) mass is 374 g/mol. The minimum atomic E-state index is -0.970. The van der Waals surface area contributed by atoms with E-state index in [2.05, 4.69) is 15.3 Å². The van der Waals surface area contributed by atoms with Crippen molar-refractivity contribution in [3.8, 4) is 17.0 Å². The first-order valence-electron chi connectivity index (χ1n) is 8.42. The first-order valence-corrected chi connectivity index (χ1v) is 8.42. The molecule has 3 rings (SSSR count). The van der Waals surface area contributed by atoms with Gasteiger partial charge in [0.15, 0.2) is 0 Å². The highest BCUT2D eigenvalue weighted by Gasteiger charge is 2.27. The number of amides is 2. The zero-order chi connectivity index (χ0) is 19.4. The predicted octanol–water partition coefficient (Wildman–Crippen LogP) is 2.62. The second kappa shape index (κ2) is 7.98. The van der Waals surface area contributed by atoms with Crippen molar-refractivity contribution in [3.05, 3.63) is 36.4 Å². The van der Waals surface area contributed by atoms with Crippen LogP contribution in [0.5, 0.6) is 5.75 Å². The lowest BCUT2D eigenvalue weighted by Gasteiger charge is -2.29. The maximum absolute atomic E-state index is 13.4. The molecule has 2 N–H and O–H groups in total. The molecule has 2 aromatic rings. The standard InChI is InChI=1S/C18H19FN4O4/c1-27-15-8-12(19)2-3-13(15)14-9-16(21-10-20-14)22-17(24)11-4-6-23(7-5-11)18(25)26/h2-3,8-11H,4-7H2,1H3,(H,25,26)(H,20,21,22,24). The van der Waals surface area contributed by atoms with Gasteiger partial charge in [0.1, 0.15) is 23.7 Å². The number of aromatic nitrogens is 2. The summed E-state index contributed by atoms with van der Waals surface area (Å²) >= 11 is 0. The summed E-state index contributed by atoms with van der Waals surface area (Å²) in [5, 5.41) is 11.7. The fourth-order valence-corrected chi connectivity index (χ4v) is 3.01. The van der Waals surface area contributed by atoms with Crippen molar-refractivity contribution in [3.63, 3.8) is 0 Å². The van der Waals surface area contributed by atoms with E-state index in [1.807, 2.05) is 0 Å². The van der Waals surface area contributed by atoms with Gasteiger partial charge >= 0.3 is 6.09 Å². The number of hydrogen-bond donors (Lipinski definition) is 2. The van der Waals surface area contributed by atoms with Gasteiger partial charge in [-0.15, -0.1) is 0 Å². The van der Waals surface area contributed by atoms with Crippen LogP contribution in [0.4, 0.5) is 15.0 Å². The van der Waals surface area contributed by atoms with E-state index >= 15 is 0 Å². The molecule has 1 aliphatic heterocycles. The average molecular weight is 374 g/mol. The fourth-order valence-electron chi connectivity index (χ4n) is 3.01. The summed E-state index contributed by atoms with van der Waals surface area (Å²) in [6.07, 6.45) is 1.26. The van der Waals surface area contributed by atoms with E-state index in [9.17, 15) is 14.0 Å². The van der Waals surface area contributed by atoms with Gasteiger partial charge in [0.2, 0.25) is 5.91 Å². The third-order valence-electron chi connectivity index (χ3n) is 4.49. The van der Waals surface area contributed by atoms with Crippen LogP contribution in [0.25, 0.3) is 11.3 Å². The largest absolute Gasteiger partial charge is 0.496 e. The Morgan fingerprint density at radius 2 is 2.00 bits per heavy atom. The van der Waals surface area contributed by atoms with Crippen molar-refractivity contribution < 1.29 is 23.8 Å². The van der Waals surface area contributed by atoms with Crippen molar-refractivity contribution in [2.24, 2.45) is 5.92 Å². The number of hydrogen-bond acceptors (Lipinski definition) is 5. The third kappa shape index (κ3) is 4.30. The summed E-state index contributed by atoms with van der Waals surface area (Å²) in [4.78, 5) is 32.9. The molecular formula is C18H19FN4O4. The Labute approximate surface area is 155 Å². The molecule has 1 aromatic heterocycles. The Morgan fingerprint density at radius 3 is 2.67 bits per heavy atom. The van der Waals surface area contributed by atoms with Crippen LogP contribution in [0.15, 0.2) is 30.6 Å². The lowest BCUT2D eigenvalue weighted by molar-refractivity contribution is -0.121. The minimum Gasteiger partial charge on any atom is -0.496 e. The van der Waals surface area contributed by atoms with Gasteiger partial charge in [-0.25, -0.2) is 19.2 Å². The van der Waals surface area contributed by atoms with Gasteiger partial charge in [0.05, 0.1) is 12.8 Å². The number of nitrogens with one attached hydrogen (secondary N) is 1. The minimum absolute atomic E-state index is 0.212. The number of anilines is 1. The number of carbonyl (C=O) groups excluding carboxylic acids is 1. The number of nitrogens with zero attached hydrogens (tertiary/aromatic N) is 3. The first-order chi connectivity index (χ1) is 13.0. The zero-order valence-electron chi connectivity index (χ0n) is 14.7. The quantitative estimate of drug-likeness (QED) is 0.852. The molecule has 9 heteroatoms. The predicted molar refractivity (Wildman–Crippen MR) is 94.9 cm³/mol. The molecular weight excluding hydrogens is 355 g/mol. The number of carboxylic acid groups (broad SMARTS) is 1. The van der Waals surface area contributed by atoms with Crippen LogP contribution in [0.2, 0.25) is 0 Å². The molecule has 1 aliphatic rings. The van der Waals surface area contributed by atoms with Crippen molar-refractivity contribution in [2.45, 2.75) is 12.8 Å². The summed E-state index contributed by atoms with van der Waals surface area (Å²) in [5.74, 6) is -0.273. The molecule has 1 fully saturated rings. The van der Waals surface area contributed by atoms with Gasteiger partial charge in [-0.2, -0.15) is 0 Å². The molecule has 0 saturated carbocycles. The molecule has 2 amide bonds. The van der Waals surface area contributed by atoms with Gasteiger partial charge in [-0.1, -0.05) is 0 Å². The maximum atomic E-state index is 13.4. The van der Waals surface area contributed by atoms with E-state index in [0.29, 0.717) is 48.8 Å². The Kier molecular flexibility index (Phi) is 5.49. The number of piperidine rings is 1. The molecule has 0 aliphatic carbocycles. The molecule has 142 valence electrons. The van der Waals surface area contributed by atoms with E-state index in [4.69, 9.17) is 9.84 Å². The van der Waals surface area contributed by atoms with Gasteiger partial charge in [-0.3, -0.25) is 4.79 Å². The highest BCUT2D eigenvalue weighted by Crippen LogP contribution is 2.30. The highest BCUT2D eigenvalue weighted by atomic mass is 19.1. The molecule has 27 heavy (non-hydrogen) atoms. The lowest BCUT2D eigenvalue weighted by atomic mass is 9.96. The van der Waals surface area contributed by atoms with E-state index in [0.717, 1.165) is 0 Å². The SMILES string of the molecule is COc1cc(F)ccc1-c1cc(NC(=O)C2CCN(C(=O)O)CC2)ncn1. The van der Waals surface area contributed by atoms with Crippen molar-refractivity contribution >= 4 is 17.8 Å². The molecule has 1 saturated heterocycles. The van der Waals surface area contributed by atoms with Crippen LogP contribution >= 0.6 is 0 Å². The van der Waals surface area contributed by atoms with Crippen molar-refractivity contribution in [1.82, 2.24) is 14.9 Å². The van der Waals surface area contributed by atoms with Crippen LogP contribution in [-0.2, 0) is 4.79 Å². The summed E-state index contributed by atoms with van der Waals surface area (Å²) in [6.45, 7) is 0.657. The Morgan fingerprint density at radius 1 is 1.26 bits per heavy atom. The van der Waals surface area contributed by atoms with Crippen molar-refractivity contribution in [1.29, 1.82) is 0 Å². The number of likely N-dealkylation sites (tertiary alicyclic amines) is 1. The summed E-state index contributed by atoms with van der Waals surface area (Å²) < 4.78 is 18.6. The number of methoxy groups -OCH3 is 1. The molecule has 2 heterocycles. The second-order valence-electron chi connectivity index (χ2n) is 6.17. The molecule has 0 spiro atoms. The maximum Gasteiger partial charge on any atom is 0.407 e. The fraction of sp³-hybridized carbons (Fsp3) is 0.333. The number of rotatable bonds is 4. The summed E-state index contributed by atoms with van der Waals surface area (Å²) in [6, 6.07) is 5.68. The molecule has 1 aromatic carbocycles. The highest BCUT2D eigenvalue weighted by molar-refractivity contribution is 5.92. The third-order valence-corrected chi connectivity index (χ3v) is 4.49. The molecule has 0 atom stereocenters. The molecule has 8 nitrogen and oxygen atoms in total. The number of carbonyl (C=O) groups is 2. The topological polar surface area (TPSA) is 105 Å². The number of benzene rings is 1. The number of halogens is 1. The van der Waals surface area contributed by atoms with Crippen LogP contribution in [0.3, 0.4) is 0 Å². The Bertz CT molecular complexity index is 853. The van der Waals surface area contributed by atoms with E-state index in [1.54, 1.807) is 12.1 Å². The van der Waals surface area contributed by atoms with Crippen LogP contribution in [-0.4, -0.2) is 52.2 Å². The zero-order valence-corrected chi connectivity index (χ0v) is 14.7. The number of ether oxygens (including phenoxy) is 1. The summed E-state index contributed by atoms with van der Waals surface area (Å²) in [7, 11) is 1.44. The Hall–Kier alpha value is -3.23. The van der Waals surface area contributed by atoms with Crippen LogP contribution < -0.4 is 10.1 Å². The lowest BCUT2D eigenvalue weighted by Crippen LogP contribution is -2.40. The molecule has 0 bridgehead atoms. The average Bonchev–Trinajstić information content (AvgIpc) is 2.68. The van der Waals surface area contributed by atoms with Crippen LogP contribution in [0, 0.1) is 11.7 Å². The Balaban J connectivity index is 1.71. The van der Waals surface area contributed by atoms with E-state index < -0.39 is 11.9 Å². The van der Waals surface area contributed by atoms with Crippen LogP contribution in [0.1, 0.15) is 12.8 Å². The molecule has 0 radical (unpaired) electrons. The molecule has 0 unspecified atom stereocenters. The van der Waals surface area contributed by atoms with E-state index in [1.165, 1.54) is 30.5 Å².